The molecule has 114 valence electrons. The Morgan fingerprint density at radius 1 is 1.33 bits per heavy atom. The van der Waals surface area contributed by atoms with Crippen LogP contribution in [0.15, 0.2) is 18.2 Å². The number of nitrogens with zero attached hydrogens (tertiary/aromatic N) is 1. The Hall–Kier alpha value is -1.14. The highest BCUT2D eigenvalue weighted by Crippen LogP contribution is 2.42. The number of alkyl halides is 3. The SMILES string of the molecule is CC(C)C1(c2nc3cc(C(F)(F)F)ccc3s2)CCNC1. The first-order chi connectivity index (χ1) is 9.83. The molecule has 1 N–H and O–H groups in total. The van der Waals surface area contributed by atoms with Gasteiger partial charge < -0.3 is 5.32 Å². The van der Waals surface area contributed by atoms with Gasteiger partial charge in [0, 0.05) is 12.0 Å². The zero-order valence-electron chi connectivity index (χ0n) is 11.9. The van der Waals surface area contributed by atoms with Gasteiger partial charge in [0.25, 0.3) is 0 Å². The van der Waals surface area contributed by atoms with E-state index >= 15 is 0 Å². The molecule has 1 aromatic heterocycles. The highest BCUT2D eigenvalue weighted by atomic mass is 32.1. The van der Waals surface area contributed by atoms with E-state index in [2.05, 4.69) is 24.1 Å². The molecule has 2 heterocycles. The molecule has 1 atom stereocenters. The van der Waals surface area contributed by atoms with Crippen molar-refractivity contribution < 1.29 is 13.2 Å². The third-order valence-corrected chi connectivity index (χ3v) is 5.69. The van der Waals surface area contributed by atoms with Crippen molar-refractivity contribution in [1.29, 1.82) is 0 Å². The molecular formula is C15H17F3N2S. The summed E-state index contributed by atoms with van der Waals surface area (Å²) in [6.45, 7) is 6.08. The summed E-state index contributed by atoms with van der Waals surface area (Å²) in [5.74, 6) is 0.398. The summed E-state index contributed by atoms with van der Waals surface area (Å²) in [5, 5.41) is 4.32. The van der Waals surface area contributed by atoms with E-state index in [1.165, 1.54) is 17.4 Å². The highest BCUT2D eigenvalue weighted by Gasteiger charge is 2.41. The second-order valence-corrected chi connectivity index (χ2v) is 6.97. The standard InChI is InChI=1S/C15H17F3N2S/c1-9(2)14(5-6-19-8-14)13-20-11-7-10(15(16,17)18)3-4-12(11)21-13/h3-4,7,9,19H,5-6,8H2,1-2H3. The number of benzene rings is 1. The Labute approximate surface area is 125 Å². The molecule has 0 saturated carbocycles. The fourth-order valence-electron chi connectivity index (χ4n) is 2.95. The third-order valence-electron chi connectivity index (χ3n) is 4.43. The van der Waals surface area contributed by atoms with Crippen molar-refractivity contribution in [3.8, 4) is 0 Å². The lowest BCUT2D eigenvalue weighted by atomic mass is 9.77. The first kappa shape index (κ1) is 14.8. The van der Waals surface area contributed by atoms with Gasteiger partial charge in [0.15, 0.2) is 0 Å². The van der Waals surface area contributed by atoms with Gasteiger partial charge in [-0.1, -0.05) is 13.8 Å². The molecule has 1 unspecified atom stereocenters. The maximum Gasteiger partial charge on any atom is 0.416 e. The Morgan fingerprint density at radius 3 is 2.67 bits per heavy atom. The average molecular weight is 314 g/mol. The maximum absolute atomic E-state index is 12.8. The minimum atomic E-state index is -4.32. The van der Waals surface area contributed by atoms with Gasteiger partial charge in [-0.2, -0.15) is 13.2 Å². The Bertz CT molecular complexity index is 654. The number of rotatable bonds is 2. The van der Waals surface area contributed by atoms with E-state index < -0.39 is 11.7 Å². The van der Waals surface area contributed by atoms with Crippen LogP contribution in [-0.4, -0.2) is 18.1 Å². The highest BCUT2D eigenvalue weighted by molar-refractivity contribution is 7.18. The van der Waals surface area contributed by atoms with Crippen LogP contribution in [-0.2, 0) is 11.6 Å². The van der Waals surface area contributed by atoms with Gasteiger partial charge in [0.05, 0.1) is 15.8 Å². The summed E-state index contributed by atoms with van der Waals surface area (Å²) >= 11 is 1.52. The predicted octanol–water partition coefficient (Wildman–Crippen LogP) is 4.20. The van der Waals surface area contributed by atoms with Gasteiger partial charge in [-0.05, 0) is 37.1 Å². The van der Waals surface area contributed by atoms with Crippen LogP contribution >= 0.6 is 11.3 Å². The van der Waals surface area contributed by atoms with Crippen LogP contribution in [0.25, 0.3) is 10.2 Å². The number of fused-ring (bicyclic) bond motifs is 1. The molecule has 0 radical (unpaired) electrons. The predicted molar refractivity (Wildman–Crippen MR) is 78.6 cm³/mol. The smallest absolute Gasteiger partial charge is 0.316 e. The molecule has 21 heavy (non-hydrogen) atoms. The van der Waals surface area contributed by atoms with Crippen molar-refractivity contribution >= 4 is 21.6 Å². The fourth-order valence-corrected chi connectivity index (χ4v) is 4.26. The number of halogens is 3. The first-order valence-electron chi connectivity index (χ1n) is 7.02. The number of thiazole rings is 1. The van der Waals surface area contributed by atoms with Crippen LogP contribution in [0.3, 0.4) is 0 Å². The lowest BCUT2D eigenvalue weighted by Crippen LogP contribution is -2.34. The van der Waals surface area contributed by atoms with Crippen molar-refractivity contribution in [2.24, 2.45) is 5.92 Å². The molecule has 0 amide bonds. The molecule has 6 heteroatoms. The van der Waals surface area contributed by atoms with E-state index in [1.54, 1.807) is 0 Å². The Balaban J connectivity index is 2.09. The zero-order valence-corrected chi connectivity index (χ0v) is 12.7. The lowest BCUT2D eigenvalue weighted by molar-refractivity contribution is -0.137. The summed E-state index contributed by atoms with van der Waals surface area (Å²) in [4.78, 5) is 4.54. The van der Waals surface area contributed by atoms with Crippen LogP contribution in [0.1, 0.15) is 30.8 Å². The number of aromatic nitrogens is 1. The number of hydrogen-bond acceptors (Lipinski definition) is 3. The molecule has 3 rings (SSSR count). The van der Waals surface area contributed by atoms with Crippen LogP contribution in [0.5, 0.6) is 0 Å². The summed E-state index contributed by atoms with van der Waals surface area (Å²) < 4.78 is 39.2. The fraction of sp³-hybridized carbons (Fsp3) is 0.533. The van der Waals surface area contributed by atoms with Gasteiger partial charge in [-0.3, -0.25) is 0 Å². The van der Waals surface area contributed by atoms with Gasteiger partial charge in [-0.15, -0.1) is 11.3 Å². The van der Waals surface area contributed by atoms with Gasteiger partial charge in [0.2, 0.25) is 0 Å². The van der Waals surface area contributed by atoms with Gasteiger partial charge in [-0.25, -0.2) is 4.98 Å². The summed E-state index contributed by atoms with van der Waals surface area (Å²) in [6.07, 6.45) is -3.33. The van der Waals surface area contributed by atoms with Crippen LogP contribution in [0.2, 0.25) is 0 Å². The third kappa shape index (κ3) is 2.44. The molecule has 0 aliphatic carbocycles. The topological polar surface area (TPSA) is 24.9 Å². The van der Waals surface area contributed by atoms with Crippen LogP contribution < -0.4 is 5.32 Å². The maximum atomic E-state index is 12.8. The minimum absolute atomic E-state index is 0.0535. The van der Waals surface area contributed by atoms with E-state index in [-0.39, 0.29) is 5.41 Å². The molecule has 1 aliphatic heterocycles. The molecular weight excluding hydrogens is 297 g/mol. The molecule has 0 spiro atoms. The van der Waals surface area contributed by atoms with E-state index in [0.29, 0.717) is 11.4 Å². The Morgan fingerprint density at radius 2 is 2.10 bits per heavy atom. The second kappa shape index (κ2) is 4.95. The van der Waals surface area contributed by atoms with Crippen molar-refractivity contribution in [3.63, 3.8) is 0 Å². The summed E-state index contributed by atoms with van der Waals surface area (Å²) in [5.41, 5.74) is -0.228. The number of nitrogens with one attached hydrogen (secondary N) is 1. The summed E-state index contributed by atoms with van der Waals surface area (Å²) in [6, 6.07) is 3.83. The molecule has 2 nitrogen and oxygen atoms in total. The lowest BCUT2D eigenvalue weighted by Gasteiger charge is -2.30. The van der Waals surface area contributed by atoms with Crippen LogP contribution in [0, 0.1) is 5.92 Å². The van der Waals surface area contributed by atoms with Crippen molar-refractivity contribution in [2.45, 2.75) is 31.9 Å². The molecule has 1 saturated heterocycles. The van der Waals surface area contributed by atoms with E-state index in [1.807, 2.05) is 0 Å². The molecule has 0 bridgehead atoms. The van der Waals surface area contributed by atoms with E-state index in [4.69, 9.17) is 0 Å². The zero-order chi connectivity index (χ0) is 15.3. The Kier molecular flexibility index (Phi) is 3.48. The first-order valence-corrected chi connectivity index (χ1v) is 7.83. The molecule has 1 fully saturated rings. The average Bonchev–Trinajstić information content (AvgIpc) is 3.04. The minimum Gasteiger partial charge on any atom is -0.316 e. The van der Waals surface area contributed by atoms with E-state index in [0.717, 1.165) is 41.4 Å². The largest absolute Gasteiger partial charge is 0.416 e. The van der Waals surface area contributed by atoms with Crippen molar-refractivity contribution in [1.82, 2.24) is 10.3 Å². The monoisotopic (exact) mass is 314 g/mol. The molecule has 1 aromatic carbocycles. The van der Waals surface area contributed by atoms with Crippen LogP contribution in [0.4, 0.5) is 13.2 Å². The summed E-state index contributed by atoms with van der Waals surface area (Å²) in [7, 11) is 0. The van der Waals surface area contributed by atoms with Gasteiger partial charge in [0.1, 0.15) is 5.01 Å². The van der Waals surface area contributed by atoms with E-state index in [9.17, 15) is 13.2 Å². The quantitative estimate of drug-likeness (QED) is 0.898. The normalized spacial score (nSPS) is 23.3. The molecule has 1 aliphatic rings. The number of hydrogen-bond donors (Lipinski definition) is 1. The van der Waals surface area contributed by atoms with Crippen molar-refractivity contribution in [2.75, 3.05) is 13.1 Å². The van der Waals surface area contributed by atoms with Gasteiger partial charge >= 0.3 is 6.18 Å². The molecule has 2 aromatic rings. The second-order valence-electron chi connectivity index (χ2n) is 5.94. The van der Waals surface area contributed by atoms with Crippen molar-refractivity contribution in [3.05, 3.63) is 28.8 Å².